The van der Waals surface area contributed by atoms with E-state index >= 15 is 0 Å². The second kappa shape index (κ2) is 11.1. The minimum Gasteiger partial charge on any atom is -0.378 e. The highest BCUT2D eigenvalue weighted by Gasteiger charge is 2.29. The minimum atomic E-state index is -4.23. The van der Waals surface area contributed by atoms with Gasteiger partial charge in [-0.05, 0) is 55.6 Å². The molecule has 1 N–H and O–H groups in total. The zero-order valence-corrected chi connectivity index (χ0v) is 21.4. The van der Waals surface area contributed by atoms with Gasteiger partial charge in [-0.2, -0.15) is 13.2 Å². The molecule has 0 aliphatic carbocycles. The smallest absolute Gasteiger partial charge is 0.378 e. The van der Waals surface area contributed by atoms with Gasteiger partial charge < -0.3 is 15.0 Å². The van der Waals surface area contributed by atoms with E-state index in [0.717, 1.165) is 92.9 Å². The number of aromatic nitrogens is 2. The predicted octanol–water partition coefficient (Wildman–Crippen LogP) is 5.61. The summed E-state index contributed by atoms with van der Waals surface area (Å²) in [4.78, 5) is 14.0. The summed E-state index contributed by atoms with van der Waals surface area (Å²) in [6.07, 6.45) is -1.69. The van der Waals surface area contributed by atoms with Crippen LogP contribution in [0.2, 0.25) is 5.02 Å². The summed E-state index contributed by atoms with van der Waals surface area (Å²) >= 11 is 7.70. The number of benzene rings is 1. The lowest BCUT2D eigenvalue weighted by molar-refractivity contribution is -0.126. The maximum atomic E-state index is 12.8. The van der Waals surface area contributed by atoms with Gasteiger partial charge in [0.15, 0.2) is 0 Å². The first-order valence-corrected chi connectivity index (χ1v) is 13.4. The molecule has 2 aliphatic rings. The molecule has 0 unspecified atom stereocenters. The molecule has 0 spiro atoms. The van der Waals surface area contributed by atoms with Crippen LogP contribution in [0.4, 0.5) is 24.7 Å². The third kappa shape index (κ3) is 6.40. The molecular weight excluding hydrogens is 511 g/mol. The quantitative estimate of drug-likeness (QED) is 0.421. The maximum absolute atomic E-state index is 12.8. The normalized spacial score (nSPS) is 18.2. The fraction of sp³-hybridized carbons (Fsp3) is 0.520. The van der Waals surface area contributed by atoms with E-state index in [1.54, 1.807) is 6.07 Å². The van der Waals surface area contributed by atoms with Crippen LogP contribution in [0.25, 0.3) is 10.2 Å². The molecule has 0 amide bonds. The van der Waals surface area contributed by atoms with Gasteiger partial charge in [-0.3, -0.25) is 4.90 Å². The van der Waals surface area contributed by atoms with Crippen molar-refractivity contribution in [3.63, 3.8) is 0 Å². The van der Waals surface area contributed by atoms with Crippen molar-refractivity contribution < 1.29 is 17.9 Å². The molecule has 11 heteroatoms. The molecule has 0 bridgehead atoms. The van der Waals surface area contributed by atoms with Crippen molar-refractivity contribution in [1.29, 1.82) is 0 Å². The summed E-state index contributed by atoms with van der Waals surface area (Å²) in [5.74, 6) is 1.08. The molecule has 3 aromatic rings. The topological polar surface area (TPSA) is 53.5 Å². The Morgan fingerprint density at radius 2 is 1.86 bits per heavy atom. The van der Waals surface area contributed by atoms with Crippen LogP contribution in [0.3, 0.4) is 0 Å². The van der Waals surface area contributed by atoms with Gasteiger partial charge in [0.1, 0.15) is 17.0 Å². The Morgan fingerprint density at radius 3 is 2.58 bits per heavy atom. The summed E-state index contributed by atoms with van der Waals surface area (Å²) in [7, 11) is 0. The number of nitrogens with one attached hydrogen (secondary N) is 1. The van der Waals surface area contributed by atoms with E-state index in [2.05, 4.69) is 43.3 Å². The van der Waals surface area contributed by atoms with Gasteiger partial charge in [0.05, 0.1) is 25.0 Å². The van der Waals surface area contributed by atoms with Crippen LogP contribution < -0.4 is 10.2 Å². The number of likely N-dealkylation sites (tertiary alicyclic amines) is 1. The van der Waals surface area contributed by atoms with E-state index in [4.69, 9.17) is 16.3 Å². The third-order valence-electron chi connectivity index (χ3n) is 6.83. The number of hydrogen-bond acceptors (Lipinski definition) is 7. The molecule has 0 radical (unpaired) electrons. The number of rotatable bonds is 7. The average Bonchev–Trinajstić information content (AvgIpc) is 3.26. The lowest BCUT2D eigenvalue weighted by Gasteiger charge is -2.33. The summed E-state index contributed by atoms with van der Waals surface area (Å²) in [6, 6.07) is 7.91. The molecule has 2 aromatic heterocycles. The van der Waals surface area contributed by atoms with Gasteiger partial charge in [-0.15, -0.1) is 11.3 Å². The number of alkyl halides is 3. The average molecular weight is 540 g/mol. The van der Waals surface area contributed by atoms with E-state index in [-0.39, 0.29) is 4.88 Å². The number of fused-ring (bicyclic) bond motifs is 1. The Balaban J connectivity index is 1.12. The maximum Gasteiger partial charge on any atom is 0.393 e. The first-order valence-electron chi connectivity index (χ1n) is 12.2. The van der Waals surface area contributed by atoms with E-state index in [0.29, 0.717) is 22.0 Å². The Kier molecular flexibility index (Phi) is 7.85. The second-order valence-corrected chi connectivity index (χ2v) is 10.9. The van der Waals surface area contributed by atoms with Crippen LogP contribution >= 0.6 is 22.9 Å². The van der Waals surface area contributed by atoms with Crippen molar-refractivity contribution in [3.05, 3.63) is 46.1 Å². The number of halogens is 4. The van der Waals surface area contributed by atoms with E-state index in [9.17, 15) is 13.2 Å². The summed E-state index contributed by atoms with van der Waals surface area (Å²) in [5.41, 5.74) is 2.28. The van der Waals surface area contributed by atoms with Crippen LogP contribution in [0.1, 0.15) is 23.3 Å². The van der Waals surface area contributed by atoms with Crippen LogP contribution in [0.15, 0.2) is 30.6 Å². The third-order valence-corrected chi connectivity index (χ3v) is 8.22. The van der Waals surface area contributed by atoms with Crippen LogP contribution in [-0.2, 0) is 17.7 Å². The van der Waals surface area contributed by atoms with Crippen LogP contribution in [0.5, 0.6) is 0 Å². The Hall–Kier alpha value is -2.14. The van der Waals surface area contributed by atoms with Gasteiger partial charge in [-0.25, -0.2) is 9.97 Å². The molecule has 0 saturated carbocycles. The molecule has 1 aromatic carbocycles. The molecule has 5 rings (SSSR count). The molecule has 2 fully saturated rings. The van der Waals surface area contributed by atoms with E-state index in [1.165, 1.54) is 6.33 Å². The molecule has 6 nitrogen and oxygen atoms in total. The van der Waals surface area contributed by atoms with Crippen molar-refractivity contribution in [2.45, 2.75) is 32.0 Å². The van der Waals surface area contributed by atoms with Gasteiger partial charge in [-0.1, -0.05) is 17.7 Å². The van der Waals surface area contributed by atoms with E-state index in [1.807, 2.05) is 0 Å². The number of piperidine rings is 1. The number of hydrogen-bond donors (Lipinski definition) is 1. The predicted molar refractivity (Wildman–Crippen MR) is 138 cm³/mol. The molecule has 4 heterocycles. The number of morpholine rings is 1. The standard InChI is InChI=1S/C25H29ClF3N5OS/c26-22-11-19(34-7-9-35-10-8-34)2-1-18(22)15-33-5-3-17(4-6-33)14-30-23-21-12-20(13-25(27,28)29)36-24(21)32-16-31-23/h1-2,11-12,16-17H,3-10,13-15H2,(H,30,31,32). The fourth-order valence-corrected chi connectivity index (χ4v) is 6.11. The second-order valence-electron chi connectivity index (χ2n) is 9.42. The highest BCUT2D eigenvalue weighted by molar-refractivity contribution is 7.18. The van der Waals surface area contributed by atoms with Gasteiger partial charge in [0, 0.05) is 41.8 Å². The number of thiophene rings is 1. The van der Waals surface area contributed by atoms with Crippen LogP contribution in [0, 0.1) is 5.92 Å². The lowest BCUT2D eigenvalue weighted by atomic mass is 9.96. The number of nitrogens with zero attached hydrogens (tertiary/aromatic N) is 4. The monoisotopic (exact) mass is 539 g/mol. The zero-order chi connectivity index (χ0) is 25.1. The van der Waals surface area contributed by atoms with Crippen molar-refractivity contribution in [1.82, 2.24) is 14.9 Å². The van der Waals surface area contributed by atoms with Gasteiger partial charge in [0.25, 0.3) is 0 Å². The molecule has 0 atom stereocenters. The molecule has 2 aliphatic heterocycles. The molecule has 2 saturated heterocycles. The highest BCUT2D eigenvalue weighted by atomic mass is 35.5. The van der Waals surface area contributed by atoms with Crippen LogP contribution in [-0.4, -0.2) is 67.0 Å². The van der Waals surface area contributed by atoms with Crippen molar-refractivity contribution in [2.75, 3.05) is 56.2 Å². The van der Waals surface area contributed by atoms with Gasteiger partial charge >= 0.3 is 6.18 Å². The molecule has 36 heavy (non-hydrogen) atoms. The Labute approximate surface area is 217 Å². The zero-order valence-electron chi connectivity index (χ0n) is 19.9. The number of ether oxygens (including phenoxy) is 1. The van der Waals surface area contributed by atoms with Crippen molar-refractivity contribution in [2.24, 2.45) is 5.92 Å². The summed E-state index contributed by atoms with van der Waals surface area (Å²) in [5, 5.41) is 4.83. The van der Waals surface area contributed by atoms with E-state index < -0.39 is 12.6 Å². The van der Waals surface area contributed by atoms with Gasteiger partial charge in [0.2, 0.25) is 0 Å². The Morgan fingerprint density at radius 1 is 1.08 bits per heavy atom. The highest BCUT2D eigenvalue weighted by Crippen LogP contribution is 2.33. The minimum absolute atomic E-state index is 0.256. The van der Waals surface area contributed by atoms with Crippen molar-refractivity contribution >= 4 is 44.7 Å². The Bertz CT molecular complexity index is 1180. The fourth-order valence-electron chi connectivity index (χ4n) is 4.84. The first-order chi connectivity index (χ1) is 17.3. The summed E-state index contributed by atoms with van der Waals surface area (Å²) in [6.45, 7) is 6.78. The lowest BCUT2D eigenvalue weighted by Crippen LogP contribution is -2.36. The number of anilines is 2. The van der Waals surface area contributed by atoms with Crippen molar-refractivity contribution in [3.8, 4) is 0 Å². The molecular formula is C25H29ClF3N5OS. The largest absolute Gasteiger partial charge is 0.393 e. The first kappa shape index (κ1) is 25.5. The summed E-state index contributed by atoms with van der Waals surface area (Å²) < 4.78 is 43.8. The SMILES string of the molecule is FC(F)(F)Cc1cc2c(NCC3CCN(Cc4ccc(N5CCOCC5)cc4Cl)CC3)ncnc2s1. The molecule has 194 valence electrons.